The topological polar surface area (TPSA) is 63.8 Å². The quantitative estimate of drug-likeness (QED) is 0.777. The maximum atomic E-state index is 6.08. The van der Waals surface area contributed by atoms with Crippen LogP contribution in [0.2, 0.25) is 0 Å². The van der Waals surface area contributed by atoms with Crippen molar-refractivity contribution in [1.29, 1.82) is 0 Å². The fourth-order valence-corrected chi connectivity index (χ4v) is 3.33. The molecule has 0 aromatic carbocycles. The monoisotopic (exact) mass is 412 g/mol. The summed E-state index contributed by atoms with van der Waals surface area (Å²) >= 11 is 7.02. The van der Waals surface area contributed by atoms with Gasteiger partial charge in [-0.05, 0) is 69.4 Å². The van der Waals surface area contributed by atoms with Crippen LogP contribution in [0.1, 0.15) is 36.2 Å². The Morgan fingerprint density at radius 1 is 1.24 bits per heavy atom. The van der Waals surface area contributed by atoms with E-state index in [1.807, 2.05) is 13.0 Å². The third kappa shape index (κ3) is 4.02. The maximum Gasteiger partial charge on any atom is 0.128 e. The molecule has 4 nitrogen and oxygen atoms in total. The number of aryl methyl sites for hydroxylation is 1. The van der Waals surface area contributed by atoms with Gasteiger partial charge in [-0.25, -0.2) is 4.98 Å². The third-order valence-corrected chi connectivity index (χ3v) is 4.17. The molecule has 2 heterocycles. The summed E-state index contributed by atoms with van der Waals surface area (Å²) in [6.45, 7) is 5.02. The Labute approximate surface area is 141 Å². The molecule has 112 valence electrons. The van der Waals surface area contributed by atoms with E-state index < -0.39 is 0 Å². The lowest BCUT2D eigenvalue weighted by Gasteiger charge is -2.21. The normalized spacial score (nSPS) is 12.4. The molecule has 0 aliphatic heterocycles. The first kappa shape index (κ1) is 16.4. The summed E-state index contributed by atoms with van der Waals surface area (Å²) in [6, 6.07) is 3.97. The van der Waals surface area contributed by atoms with Gasteiger partial charge in [-0.2, -0.15) is 0 Å². The number of halogens is 2. The molecule has 1 unspecified atom stereocenters. The summed E-state index contributed by atoms with van der Waals surface area (Å²) in [5.41, 5.74) is 9.02. The van der Waals surface area contributed by atoms with Crippen molar-refractivity contribution in [1.82, 2.24) is 15.3 Å². The van der Waals surface area contributed by atoms with Crippen molar-refractivity contribution >= 4 is 37.7 Å². The number of nitrogens with one attached hydrogen (secondary N) is 1. The number of rotatable bonds is 5. The van der Waals surface area contributed by atoms with Crippen LogP contribution in [0.3, 0.4) is 0 Å². The molecule has 0 radical (unpaired) electrons. The molecule has 0 spiro atoms. The van der Waals surface area contributed by atoms with Gasteiger partial charge in [-0.3, -0.25) is 4.98 Å². The van der Waals surface area contributed by atoms with Gasteiger partial charge in [0.2, 0.25) is 0 Å². The van der Waals surface area contributed by atoms with Gasteiger partial charge in [0, 0.05) is 26.9 Å². The second-order valence-corrected chi connectivity index (χ2v) is 6.66. The standard InChI is InChI=1S/C15H18Br2N4/c1-3-4-19-13(11-5-9(2)7-21-15(11)18)14-12(17)6-10(16)8-20-14/h5-8,13,19H,3-4H2,1-2H3,(H2,18,21). The van der Waals surface area contributed by atoms with Crippen LogP contribution >= 0.6 is 31.9 Å². The fraction of sp³-hybridized carbons (Fsp3) is 0.333. The van der Waals surface area contributed by atoms with Crippen LogP contribution in [0.4, 0.5) is 5.82 Å². The molecule has 21 heavy (non-hydrogen) atoms. The van der Waals surface area contributed by atoms with Crippen LogP contribution in [0.15, 0.2) is 33.5 Å². The zero-order chi connectivity index (χ0) is 15.4. The molecular weight excluding hydrogens is 396 g/mol. The van der Waals surface area contributed by atoms with Crippen LogP contribution in [0.25, 0.3) is 0 Å². The van der Waals surface area contributed by atoms with Crippen LogP contribution in [-0.2, 0) is 0 Å². The third-order valence-electron chi connectivity index (χ3n) is 3.11. The highest BCUT2D eigenvalue weighted by Crippen LogP contribution is 2.31. The summed E-state index contributed by atoms with van der Waals surface area (Å²) in [7, 11) is 0. The van der Waals surface area contributed by atoms with E-state index in [0.29, 0.717) is 5.82 Å². The van der Waals surface area contributed by atoms with Gasteiger partial charge in [0.05, 0.1) is 11.7 Å². The lowest BCUT2D eigenvalue weighted by atomic mass is 10.0. The van der Waals surface area contributed by atoms with Crippen molar-refractivity contribution in [2.75, 3.05) is 12.3 Å². The second kappa shape index (κ2) is 7.33. The minimum Gasteiger partial charge on any atom is -0.383 e. The van der Waals surface area contributed by atoms with Crippen LogP contribution in [0, 0.1) is 6.92 Å². The molecule has 6 heteroatoms. The lowest BCUT2D eigenvalue weighted by Crippen LogP contribution is -2.25. The highest BCUT2D eigenvalue weighted by molar-refractivity contribution is 9.11. The zero-order valence-corrected chi connectivity index (χ0v) is 15.2. The Bertz CT molecular complexity index is 631. The smallest absolute Gasteiger partial charge is 0.128 e. The fourth-order valence-electron chi connectivity index (χ4n) is 2.11. The number of nitrogens with zero attached hydrogens (tertiary/aromatic N) is 2. The summed E-state index contributed by atoms with van der Waals surface area (Å²) in [4.78, 5) is 8.80. The van der Waals surface area contributed by atoms with Gasteiger partial charge in [-0.15, -0.1) is 0 Å². The van der Waals surface area contributed by atoms with Crippen molar-refractivity contribution < 1.29 is 0 Å². The molecular formula is C15H18Br2N4. The number of hydrogen-bond acceptors (Lipinski definition) is 4. The van der Waals surface area contributed by atoms with Gasteiger partial charge in [0.1, 0.15) is 5.82 Å². The summed E-state index contributed by atoms with van der Waals surface area (Å²) < 4.78 is 1.87. The minimum atomic E-state index is -0.0835. The Balaban J connectivity index is 2.49. The Morgan fingerprint density at radius 3 is 2.67 bits per heavy atom. The van der Waals surface area contributed by atoms with Crippen molar-refractivity contribution in [3.63, 3.8) is 0 Å². The molecule has 2 aromatic rings. The average Bonchev–Trinajstić information content (AvgIpc) is 2.44. The van der Waals surface area contributed by atoms with E-state index in [9.17, 15) is 0 Å². The van der Waals surface area contributed by atoms with E-state index in [2.05, 4.69) is 60.1 Å². The number of aromatic nitrogens is 2. The summed E-state index contributed by atoms with van der Waals surface area (Å²) in [6.07, 6.45) is 4.60. The predicted octanol–water partition coefficient (Wildman–Crippen LogP) is 3.98. The summed E-state index contributed by atoms with van der Waals surface area (Å²) in [5.74, 6) is 0.533. The first-order chi connectivity index (χ1) is 10.0. The van der Waals surface area contributed by atoms with Crippen molar-refractivity contribution in [3.05, 3.63) is 50.3 Å². The van der Waals surface area contributed by atoms with Crippen molar-refractivity contribution in [2.45, 2.75) is 26.3 Å². The molecule has 3 N–H and O–H groups in total. The Morgan fingerprint density at radius 2 is 2.00 bits per heavy atom. The van der Waals surface area contributed by atoms with Gasteiger partial charge in [0.25, 0.3) is 0 Å². The molecule has 0 saturated carbocycles. The molecule has 0 fully saturated rings. The highest BCUT2D eigenvalue weighted by atomic mass is 79.9. The van der Waals surface area contributed by atoms with Crippen molar-refractivity contribution in [3.8, 4) is 0 Å². The minimum absolute atomic E-state index is 0.0835. The van der Waals surface area contributed by atoms with Crippen LogP contribution in [-0.4, -0.2) is 16.5 Å². The predicted molar refractivity (Wildman–Crippen MR) is 93.2 cm³/mol. The van der Waals surface area contributed by atoms with E-state index >= 15 is 0 Å². The van der Waals surface area contributed by atoms with E-state index in [4.69, 9.17) is 5.73 Å². The Kier molecular flexibility index (Phi) is 5.72. The second-order valence-electron chi connectivity index (χ2n) is 4.89. The number of nitrogen functional groups attached to an aromatic ring is 1. The van der Waals surface area contributed by atoms with E-state index in [0.717, 1.165) is 38.7 Å². The van der Waals surface area contributed by atoms with E-state index in [1.54, 1.807) is 12.4 Å². The first-order valence-corrected chi connectivity index (χ1v) is 8.37. The lowest BCUT2D eigenvalue weighted by molar-refractivity contribution is 0.584. The molecule has 0 saturated heterocycles. The molecule has 1 atom stereocenters. The van der Waals surface area contributed by atoms with Gasteiger partial charge in [0.15, 0.2) is 0 Å². The number of pyridine rings is 2. The average molecular weight is 414 g/mol. The number of nitrogens with two attached hydrogens (primary N) is 1. The van der Waals surface area contributed by atoms with Gasteiger partial charge < -0.3 is 11.1 Å². The van der Waals surface area contributed by atoms with Gasteiger partial charge in [-0.1, -0.05) is 6.92 Å². The maximum absolute atomic E-state index is 6.08. The highest BCUT2D eigenvalue weighted by Gasteiger charge is 2.21. The number of anilines is 1. The SMILES string of the molecule is CCCNC(c1cc(C)cnc1N)c1ncc(Br)cc1Br. The van der Waals surface area contributed by atoms with E-state index in [1.165, 1.54) is 0 Å². The van der Waals surface area contributed by atoms with Gasteiger partial charge >= 0.3 is 0 Å². The van der Waals surface area contributed by atoms with Crippen molar-refractivity contribution in [2.24, 2.45) is 0 Å². The number of hydrogen-bond donors (Lipinski definition) is 2. The molecule has 0 bridgehead atoms. The molecule has 2 aromatic heterocycles. The van der Waals surface area contributed by atoms with Crippen LogP contribution in [0.5, 0.6) is 0 Å². The molecule has 0 aliphatic rings. The Hall–Kier alpha value is -0.980. The summed E-state index contributed by atoms with van der Waals surface area (Å²) in [5, 5.41) is 3.50. The van der Waals surface area contributed by atoms with Crippen LogP contribution < -0.4 is 11.1 Å². The largest absolute Gasteiger partial charge is 0.383 e. The molecule has 0 amide bonds. The molecule has 2 rings (SSSR count). The molecule has 0 aliphatic carbocycles. The first-order valence-electron chi connectivity index (χ1n) is 6.79. The van der Waals surface area contributed by atoms with E-state index in [-0.39, 0.29) is 6.04 Å². The zero-order valence-electron chi connectivity index (χ0n) is 12.0.